The van der Waals surface area contributed by atoms with E-state index >= 15 is 0 Å². The first-order valence-electron chi connectivity index (χ1n) is 6.87. The summed E-state index contributed by atoms with van der Waals surface area (Å²) >= 11 is 0. The highest BCUT2D eigenvalue weighted by Crippen LogP contribution is 2.14. The van der Waals surface area contributed by atoms with Crippen molar-refractivity contribution in [3.05, 3.63) is 60.2 Å². The van der Waals surface area contributed by atoms with E-state index in [0.717, 1.165) is 5.56 Å². The summed E-state index contributed by atoms with van der Waals surface area (Å²) in [5.74, 6) is -0.221. The van der Waals surface area contributed by atoms with Crippen molar-refractivity contribution < 1.29 is 13.2 Å². The molecule has 0 atom stereocenters. The van der Waals surface area contributed by atoms with Crippen LogP contribution in [-0.2, 0) is 14.8 Å². The maximum absolute atomic E-state index is 12.2. The monoisotopic (exact) mass is 331 g/mol. The molecule has 0 saturated carbocycles. The normalized spacial score (nSPS) is 11.8. The van der Waals surface area contributed by atoms with Crippen LogP contribution in [0, 0.1) is 0 Å². The minimum atomic E-state index is -3.76. The molecular weight excluding hydrogens is 314 g/mol. The topological polar surface area (TPSA) is 87.6 Å². The van der Waals surface area contributed by atoms with Crippen molar-refractivity contribution in [1.82, 2.24) is 4.83 Å². The Morgan fingerprint density at radius 3 is 2.13 bits per heavy atom. The van der Waals surface area contributed by atoms with Gasteiger partial charge in [-0.25, -0.2) is 0 Å². The third kappa shape index (κ3) is 4.65. The second-order valence-electron chi connectivity index (χ2n) is 4.86. The van der Waals surface area contributed by atoms with Crippen molar-refractivity contribution >= 4 is 27.3 Å². The summed E-state index contributed by atoms with van der Waals surface area (Å²) in [5, 5.41) is 6.50. The van der Waals surface area contributed by atoms with Gasteiger partial charge in [-0.2, -0.15) is 18.4 Å². The standard InChI is InChI=1S/C16H17N3O3S/c1-12(14-6-4-3-5-7-14)18-19-23(21,22)16-10-8-15(9-11-16)17-13(2)20/h3-11,19H,1-2H3,(H,17,20)/b18-12-. The van der Waals surface area contributed by atoms with Gasteiger partial charge in [0.2, 0.25) is 5.91 Å². The fourth-order valence-electron chi connectivity index (χ4n) is 1.85. The van der Waals surface area contributed by atoms with Gasteiger partial charge in [0, 0.05) is 12.6 Å². The maximum Gasteiger partial charge on any atom is 0.276 e. The van der Waals surface area contributed by atoms with Gasteiger partial charge in [-0.3, -0.25) is 4.79 Å². The summed E-state index contributed by atoms with van der Waals surface area (Å²) in [5.41, 5.74) is 1.92. The molecule has 0 heterocycles. The second-order valence-corrected chi connectivity index (χ2v) is 6.52. The average Bonchev–Trinajstić information content (AvgIpc) is 2.53. The van der Waals surface area contributed by atoms with E-state index in [1.807, 2.05) is 30.3 Å². The first-order chi connectivity index (χ1) is 10.9. The van der Waals surface area contributed by atoms with E-state index in [-0.39, 0.29) is 10.8 Å². The number of rotatable bonds is 5. The number of nitrogens with one attached hydrogen (secondary N) is 2. The van der Waals surface area contributed by atoms with Crippen LogP contribution in [-0.4, -0.2) is 20.0 Å². The van der Waals surface area contributed by atoms with E-state index in [9.17, 15) is 13.2 Å². The summed E-state index contributed by atoms with van der Waals surface area (Å²) < 4.78 is 24.4. The zero-order valence-electron chi connectivity index (χ0n) is 12.8. The Bertz CT molecular complexity index is 813. The molecule has 0 radical (unpaired) electrons. The highest BCUT2D eigenvalue weighted by molar-refractivity contribution is 7.89. The quantitative estimate of drug-likeness (QED) is 0.651. The largest absolute Gasteiger partial charge is 0.326 e. The molecule has 6 nitrogen and oxygen atoms in total. The molecule has 0 spiro atoms. The van der Waals surface area contributed by atoms with Crippen LogP contribution < -0.4 is 10.1 Å². The number of nitrogens with zero attached hydrogens (tertiary/aromatic N) is 1. The van der Waals surface area contributed by atoms with Gasteiger partial charge in [0.15, 0.2) is 0 Å². The predicted molar refractivity (Wildman–Crippen MR) is 89.7 cm³/mol. The van der Waals surface area contributed by atoms with Crippen LogP contribution in [0.4, 0.5) is 5.69 Å². The molecule has 2 N–H and O–H groups in total. The molecule has 0 aromatic heterocycles. The molecule has 7 heteroatoms. The third-order valence-electron chi connectivity index (χ3n) is 3.01. The molecule has 0 unspecified atom stereocenters. The van der Waals surface area contributed by atoms with Crippen LogP contribution in [0.15, 0.2) is 64.6 Å². The van der Waals surface area contributed by atoms with Crippen molar-refractivity contribution in [2.75, 3.05) is 5.32 Å². The van der Waals surface area contributed by atoms with E-state index < -0.39 is 10.0 Å². The molecule has 0 bridgehead atoms. The molecule has 23 heavy (non-hydrogen) atoms. The zero-order valence-corrected chi connectivity index (χ0v) is 13.6. The van der Waals surface area contributed by atoms with Crippen LogP contribution in [0.2, 0.25) is 0 Å². The van der Waals surface area contributed by atoms with Crippen LogP contribution >= 0.6 is 0 Å². The molecule has 0 fully saturated rings. The molecule has 0 aliphatic rings. The number of amides is 1. The van der Waals surface area contributed by atoms with Crippen LogP contribution in [0.25, 0.3) is 0 Å². The Hall–Kier alpha value is -2.67. The number of anilines is 1. The molecular formula is C16H17N3O3S. The fourth-order valence-corrected chi connectivity index (χ4v) is 2.70. The third-order valence-corrected chi connectivity index (χ3v) is 4.23. The van der Waals surface area contributed by atoms with Gasteiger partial charge < -0.3 is 5.32 Å². The number of carbonyl (C=O) groups is 1. The Kier molecular flexibility index (Phi) is 5.13. The van der Waals surface area contributed by atoms with Crippen molar-refractivity contribution in [2.45, 2.75) is 18.7 Å². The lowest BCUT2D eigenvalue weighted by Crippen LogP contribution is -2.20. The molecule has 120 valence electrons. The maximum atomic E-state index is 12.2. The number of hydrogen-bond acceptors (Lipinski definition) is 4. The predicted octanol–water partition coefficient (Wildman–Crippen LogP) is 2.35. The first kappa shape index (κ1) is 16.7. The summed E-state index contributed by atoms with van der Waals surface area (Å²) in [4.78, 5) is 13.2. The number of benzene rings is 2. The van der Waals surface area contributed by atoms with Crippen molar-refractivity contribution in [3.63, 3.8) is 0 Å². The van der Waals surface area contributed by atoms with E-state index in [1.165, 1.54) is 31.2 Å². The second kappa shape index (κ2) is 7.06. The molecule has 0 aliphatic carbocycles. The zero-order chi connectivity index (χ0) is 16.9. The van der Waals surface area contributed by atoms with Gasteiger partial charge in [-0.15, -0.1) is 0 Å². The van der Waals surface area contributed by atoms with Gasteiger partial charge >= 0.3 is 0 Å². The van der Waals surface area contributed by atoms with E-state index in [0.29, 0.717) is 11.4 Å². The lowest BCUT2D eigenvalue weighted by molar-refractivity contribution is -0.114. The van der Waals surface area contributed by atoms with Crippen molar-refractivity contribution in [3.8, 4) is 0 Å². The number of sulfonamides is 1. The van der Waals surface area contributed by atoms with Crippen LogP contribution in [0.5, 0.6) is 0 Å². The molecule has 0 saturated heterocycles. The fraction of sp³-hybridized carbons (Fsp3) is 0.125. The molecule has 2 aromatic rings. The van der Waals surface area contributed by atoms with Gasteiger partial charge in [0.05, 0.1) is 10.6 Å². The van der Waals surface area contributed by atoms with Gasteiger partial charge in [-0.1, -0.05) is 30.3 Å². The SMILES string of the molecule is CC(=O)Nc1ccc(S(=O)(=O)N/N=C(/C)c2ccccc2)cc1. The minimum absolute atomic E-state index is 0.0659. The first-order valence-corrected chi connectivity index (χ1v) is 8.36. The number of hydrogen-bond donors (Lipinski definition) is 2. The Morgan fingerprint density at radius 1 is 0.957 bits per heavy atom. The highest BCUT2D eigenvalue weighted by atomic mass is 32.2. The number of hydrazone groups is 1. The molecule has 0 aliphatic heterocycles. The van der Waals surface area contributed by atoms with Crippen molar-refractivity contribution in [1.29, 1.82) is 0 Å². The van der Waals surface area contributed by atoms with Crippen LogP contribution in [0.3, 0.4) is 0 Å². The van der Waals surface area contributed by atoms with Gasteiger partial charge in [0.25, 0.3) is 10.0 Å². The summed E-state index contributed by atoms with van der Waals surface area (Å²) in [6, 6.07) is 15.1. The molecule has 1 amide bonds. The minimum Gasteiger partial charge on any atom is -0.326 e. The Labute approximate surface area is 135 Å². The number of carbonyl (C=O) groups excluding carboxylic acids is 1. The molecule has 2 aromatic carbocycles. The smallest absolute Gasteiger partial charge is 0.276 e. The van der Waals surface area contributed by atoms with Gasteiger partial charge in [0.1, 0.15) is 0 Å². The van der Waals surface area contributed by atoms with E-state index in [2.05, 4.69) is 15.2 Å². The lowest BCUT2D eigenvalue weighted by Gasteiger charge is -2.07. The summed E-state index contributed by atoms with van der Waals surface area (Å²) in [6.45, 7) is 3.10. The molecule has 2 rings (SSSR count). The lowest BCUT2D eigenvalue weighted by atomic mass is 10.1. The average molecular weight is 331 g/mol. The Balaban J connectivity index is 2.14. The van der Waals surface area contributed by atoms with Gasteiger partial charge in [-0.05, 0) is 36.8 Å². The van der Waals surface area contributed by atoms with E-state index in [1.54, 1.807) is 6.92 Å². The summed E-state index contributed by atoms with van der Waals surface area (Å²) in [6.07, 6.45) is 0. The summed E-state index contributed by atoms with van der Waals surface area (Å²) in [7, 11) is -3.76. The van der Waals surface area contributed by atoms with Crippen molar-refractivity contribution in [2.24, 2.45) is 5.10 Å². The Morgan fingerprint density at radius 2 is 1.57 bits per heavy atom. The van der Waals surface area contributed by atoms with E-state index in [4.69, 9.17) is 0 Å². The van der Waals surface area contributed by atoms with Crippen LogP contribution in [0.1, 0.15) is 19.4 Å². The highest BCUT2D eigenvalue weighted by Gasteiger charge is 2.13.